The van der Waals surface area contributed by atoms with Gasteiger partial charge in [-0.3, -0.25) is 4.79 Å². The SMILES string of the molecule is O=C(NC(c1ccccc1)C1CC1)C1CNC1. The van der Waals surface area contributed by atoms with Crippen LogP contribution in [-0.2, 0) is 4.79 Å². The second-order valence-electron chi connectivity index (χ2n) is 5.09. The van der Waals surface area contributed by atoms with E-state index in [4.69, 9.17) is 0 Å². The second-order valence-corrected chi connectivity index (χ2v) is 5.09. The fraction of sp³-hybridized carbons (Fsp3) is 0.500. The van der Waals surface area contributed by atoms with Crippen molar-refractivity contribution in [2.45, 2.75) is 18.9 Å². The third kappa shape index (κ3) is 2.34. The van der Waals surface area contributed by atoms with Crippen molar-refractivity contribution in [3.05, 3.63) is 35.9 Å². The van der Waals surface area contributed by atoms with Gasteiger partial charge in [0.1, 0.15) is 0 Å². The summed E-state index contributed by atoms with van der Waals surface area (Å²) in [7, 11) is 0. The maximum Gasteiger partial charge on any atom is 0.226 e. The highest BCUT2D eigenvalue weighted by molar-refractivity contribution is 5.80. The Balaban J connectivity index is 1.70. The Morgan fingerprint density at radius 3 is 2.47 bits per heavy atom. The lowest BCUT2D eigenvalue weighted by atomic mass is 9.98. The molecule has 1 aliphatic carbocycles. The van der Waals surface area contributed by atoms with Gasteiger partial charge in [-0.15, -0.1) is 0 Å². The smallest absolute Gasteiger partial charge is 0.226 e. The van der Waals surface area contributed by atoms with Gasteiger partial charge in [0.05, 0.1) is 12.0 Å². The monoisotopic (exact) mass is 230 g/mol. The van der Waals surface area contributed by atoms with Crippen molar-refractivity contribution >= 4 is 5.91 Å². The minimum absolute atomic E-state index is 0.181. The molecular formula is C14H18N2O. The molecule has 1 heterocycles. The van der Waals surface area contributed by atoms with E-state index in [0.29, 0.717) is 5.92 Å². The number of rotatable bonds is 4. The molecule has 3 nitrogen and oxygen atoms in total. The minimum atomic E-state index is 0.181. The van der Waals surface area contributed by atoms with Crippen molar-refractivity contribution in [3.8, 4) is 0 Å². The van der Waals surface area contributed by atoms with Crippen LogP contribution in [0.4, 0.5) is 0 Å². The number of carbonyl (C=O) groups excluding carboxylic acids is 1. The van der Waals surface area contributed by atoms with Crippen molar-refractivity contribution in [2.24, 2.45) is 11.8 Å². The largest absolute Gasteiger partial charge is 0.349 e. The summed E-state index contributed by atoms with van der Waals surface area (Å²) in [5, 5.41) is 6.36. The van der Waals surface area contributed by atoms with Crippen LogP contribution in [0.25, 0.3) is 0 Å². The van der Waals surface area contributed by atoms with Crippen molar-refractivity contribution < 1.29 is 4.79 Å². The standard InChI is InChI=1S/C14H18N2O/c17-14(12-8-15-9-12)16-13(11-6-7-11)10-4-2-1-3-5-10/h1-5,11-13,15H,6-9H2,(H,16,17). The fourth-order valence-electron chi connectivity index (χ4n) is 2.31. The lowest BCUT2D eigenvalue weighted by molar-refractivity contribution is -0.127. The van der Waals surface area contributed by atoms with Crippen molar-refractivity contribution in [1.82, 2.24) is 10.6 Å². The van der Waals surface area contributed by atoms with Crippen LogP contribution in [0, 0.1) is 11.8 Å². The van der Waals surface area contributed by atoms with Crippen LogP contribution in [0.2, 0.25) is 0 Å². The molecule has 3 heteroatoms. The first kappa shape index (κ1) is 10.8. The zero-order valence-corrected chi connectivity index (χ0v) is 9.86. The summed E-state index contributed by atoms with van der Waals surface area (Å²) in [6, 6.07) is 10.6. The highest BCUT2D eigenvalue weighted by Crippen LogP contribution is 2.41. The van der Waals surface area contributed by atoms with Crippen LogP contribution >= 0.6 is 0 Å². The fourth-order valence-corrected chi connectivity index (χ4v) is 2.31. The molecule has 1 amide bonds. The summed E-state index contributed by atoms with van der Waals surface area (Å²) in [5.74, 6) is 1.04. The lowest BCUT2D eigenvalue weighted by Crippen LogP contribution is -2.51. The molecule has 90 valence electrons. The highest BCUT2D eigenvalue weighted by atomic mass is 16.2. The van der Waals surface area contributed by atoms with Crippen molar-refractivity contribution in [1.29, 1.82) is 0 Å². The number of amides is 1. The molecule has 1 saturated carbocycles. The predicted molar refractivity (Wildman–Crippen MR) is 66.4 cm³/mol. The van der Waals surface area contributed by atoms with E-state index in [1.165, 1.54) is 18.4 Å². The number of hydrogen-bond donors (Lipinski definition) is 2. The normalized spacial score (nSPS) is 21.6. The maximum atomic E-state index is 12.0. The van der Waals surface area contributed by atoms with E-state index < -0.39 is 0 Å². The lowest BCUT2D eigenvalue weighted by Gasteiger charge is -2.28. The molecule has 1 aromatic carbocycles. The summed E-state index contributed by atoms with van der Waals surface area (Å²) in [6.07, 6.45) is 2.48. The molecule has 1 atom stereocenters. The first-order chi connectivity index (χ1) is 8.34. The van der Waals surface area contributed by atoms with E-state index in [2.05, 4.69) is 22.8 Å². The van der Waals surface area contributed by atoms with Crippen molar-refractivity contribution in [3.63, 3.8) is 0 Å². The molecule has 2 N–H and O–H groups in total. The van der Waals surface area contributed by atoms with Gasteiger partial charge in [-0.1, -0.05) is 30.3 Å². The molecule has 17 heavy (non-hydrogen) atoms. The molecule has 2 aliphatic rings. The summed E-state index contributed by atoms with van der Waals surface area (Å²) in [6.45, 7) is 1.66. The van der Waals surface area contributed by atoms with Gasteiger partial charge in [0.25, 0.3) is 0 Å². The van der Waals surface area contributed by atoms with E-state index in [1.54, 1.807) is 0 Å². The molecule has 0 aromatic heterocycles. The minimum Gasteiger partial charge on any atom is -0.349 e. The number of carbonyl (C=O) groups is 1. The number of hydrogen-bond acceptors (Lipinski definition) is 2. The van der Waals surface area contributed by atoms with Gasteiger partial charge in [0, 0.05) is 13.1 Å². The first-order valence-corrected chi connectivity index (χ1v) is 6.40. The second kappa shape index (κ2) is 4.49. The van der Waals surface area contributed by atoms with Gasteiger partial charge >= 0.3 is 0 Å². The average Bonchev–Trinajstić information content (AvgIpc) is 3.08. The molecule has 1 aromatic rings. The molecule has 2 fully saturated rings. The van der Waals surface area contributed by atoms with Crippen LogP contribution in [0.15, 0.2) is 30.3 Å². The summed E-state index contributed by atoms with van der Waals surface area (Å²) in [4.78, 5) is 12.0. The maximum absolute atomic E-state index is 12.0. The Hall–Kier alpha value is -1.35. The molecular weight excluding hydrogens is 212 g/mol. The van der Waals surface area contributed by atoms with Crippen LogP contribution in [0.1, 0.15) is 24.4 Å². The van der Waals surface area contributed by atoms with Gasteiger partial charge in [0.2, 0.25) is 5.91 Å². The van der Waals surface area contributed by atoms with Crippen molar-refractivity contribution in [2.75, 3.05) is 13.1 Å². The average molecular weight is 230 g/mol. The van der Waals surface area contributed by atoms with Crippen LogP contribution in [0.5, 0.6) is 0 Å². The molecule has 3 rings (SSSR count). The van der Waals surface area contributed by atoms with Gasteiger partial charge in [-0.25, -0.2) is 0 Å². The number of benzene rings is 1. The van der Waals surface area contributed by atoms with Crippen LogP contribution in [0.3, 0.4) is 0 Å². The summed E-state index contributed by atoms with van der Waals surface area (Å²) < 4.78 is 0. The topological polar surface area (TPSA) is 41.1 Å². The van der Waals surface area contributed by atoms with Gasteiger partial charge in [-0.05, 0) is 24.3 Å². The third-order valence-corrected chi connectivity index (χ3v) is 3.70. The Labute approximate surface area is 102 Å². The first-order valence-electron chi connectivity index (χ1n) is 6.40. The van der Waals surface area contributed by atoms with Crippen LogP contribution in [-0.4, -0.2) is 19.0 Å². The summed E-state index contributed by atoms with van der Waals surface area (Å²) >= 11 is 0. The Morgan fingerprint density at radius 1 is 1.24 bits per heavy atom. The Kier molecular flexibility index (Phi) is 2.85. The predicted octanol–water partition coefficient (Wildman–Crippen LogP) is 1.47. The zero-order valence-electron chi connectivity index (χ0n) is 9.86. The number of nitrogens with one attached hydrogen (secondary N) is 2. The molecule has 1 aliphatic heterocycles. The van der Waals surface area contributed by atoms with E-state index in [0.717, 1.165) is 13.1 Å². The molecule has 1 unspecified atom stereocenters. The molecule has 0 spiro atoms. The third-order valence-electron chi connectivity index (χ3n) is 3.70. The van der Waals surface area contributed by atoms with Gasteiger partial charge in [-0.2, -0.15) is 0 Å². The van der Waals surface area contributed by atoms with E-state index >= 15 is 0 Å². The zero-order chi connectivity index (χ0) is 11.7. The highest BCUT2D eigenvalue weighted by Gasteiger charge is 2.35. The molecule has 1 saturated heterocycles. The van der Waals surface area contributed by atoms with E-state index in [-0.39, 0.29) is 17.9 Å². The van der Waals surface area contributed by atoms with E-state index in [1.807, 2.05) is 18.2 Å². The van der Waals surface area contributed by atoms with Crippen LogP contribution < -0.4 is 10.6 Å². The quantitative estimate of drug-likeness (QED) is 0.822. The summed E-state index contributed by atoms with van der Waals surface area (Å²) in [5.41, 5.74) is 1.25. The van der Waals surface area contributed by atoms with Gasteiger partial charge in [0.15, 0.2) is 0 Å². The van der Waals surface area contributed by atoms with E-state index in [9.17, 15) is 4.79 Å². The molecule has 0 bridgehead atoms. The van der Waals surface area contributed by atoms with Gasteiger partial charge < -0.3 is 10.6 Å². The Bertz CT molecular complexity index is 396. The Morgan fingerprint density at radius 2 is 1.94 bits per heavy atom. The molecule has 0 radical (unpaired) electrons.